The van der Waals surface area contributed by atoms with Gasteiger partial charge in [-0.25, -0.2) is 4.39 Å². The molecule has 7 nitrogen and oxygen atoms in total. The Bertz CT molecular complexity index is 1160. The third-order valence-electron chi connectivity index (χ3n) is 5.31. The van der Waals surface area contributed by atoms with Gasteiger partial charge in [-0.2, -0.15) is 0 Å². The number of benzene rings is 2. The zero-order valence-corrected chi connectivity index (χ0v) is 33.0. The molecule has 5 N–H and O–H groups in total. The van der Waals surface area contributed by atoms with Crippen molar-refractivity contribution < 1.29 is 18.8 Å². The van der Waals surface area contributed by atoms with E-state index >= 15 is 0 Å². The molecule has 0 aliphatic heterocycles. The zero-order chi connectivity index (χ0) is 38.7. The van der Waals surface area contributed by atoms with Gasteiger partial charge in [-0.05, 0) is 73.9 Å². The van der Waals surface area contributed by atoms with Gasteiger partial charge in [-0.3, -0.25) is 14.6 Å². The fourth-order valence-corrected chi connectivity index (χ4v) is 3.06. The number of nitrogens with two attached hydrogens (primary N) is 2. The number of halogens is 2. The largest absolute Gasteiger partial charge is 0.384 e. The van der Waals surface area contributed by atoms with Crippen LogP contribution in [0.2, 0.25) is 5.02 Å². The van der Waals surface area contributed by atoms with Crippen LogP contribution in [0.5, 0.6) is 0 Å². The second-order valence-corrected chi connectivity index (χ2v) is 10.3. The molecule has 0 heterocycles. The number of hydrogen-bond acceptors (Lipinski definition) is 7. The molecule has 2 rings (SSSR count). The highest BCUT2D eigenvalue weighted by Crippen LogP contribution is 2.21. The average Bonchev–Trinajstić information content (AvgIpc) is 3.09. The lowest BCUT2D eigenvalue weighted by Crippen LogP contribution is -2.30. The third kappa shape index (κ3) is 32.7. The number of carbonyl (C=O) groups excluding carboxylic acids is 3. The van der Waals surface area contributed by atoms with E-state index in [0.717, 1.165) is 46.5 Å². The summed E-state index contributed by atoms with van der Waals surface area (Å²) in [6.07, 6.45) is 6.19. The van der Waals surface area contributed by atoms with E-state index in [4.69, 9.17) is 23.1 Å². The summed E-state index contributed by atoms with van der Waals surface area (Å²) in [5.41, 5.74) is 13.5. The lowest BCUT2D eigenvalue weighted by atomic mass is 9.98. The van der Waals surface area contributed by atoms with Crippen molar-refractivity contribution in [3.63, 3.8) is 0 Å². The number of Topliss-reactive ketones (excluding diaryl/α,β-unsaturated/α-hetero) is 1. The van der Waals surface area contributed by atoms with Crippen LogP contribution in [0.3, 0.4) is 0 Å². The van der Waals surface area contributed by atoms with E-state index in [2.05, 4.69) is 43.0 Å². The summed E-state index contributed by atoms with van der Waals surface area (Å²) in [7, 11) is 0. The lowest BCUT2D eigenvalue weighted by molar-refractivity contribution is -0.121. The van der Waals surface area contributed by atoms with Gasteiger partial charge >= 0.3 is 0 Å². The summed E-state index contributed by atoms with van der Waals surface area (Å²) >= 11 is 9.85. The number of aliphatic imine (C=N–C) groups is 1. The van der Waals surface area contributed by atoms with Crippen LogP contribution in [0.15, 0.2) is 65.5 Å². The van der Waals surface area contributed by atoms with E-state index in [1.165, 1.54) is 13.0 Å². The van der Waals surface area contributed by atoms with Crippen molar-refractivity contribution in [1.29, 1.82) is 0 Å². The Morgan fingerprint density at radius 1 is 1.08 bits per heavy atom. The molecule has 274 valence electrons. The summed E-state index contributed by atoms with van der Waals surface area (Å²) in [6.45, 7) is 29.8. The van der Waals surface area contributed by atoms with Crippen LogP contribution in [0, 0.1) is 24.6 Å². The van der Waals surface area contributed by atoms with Crippen LogP contribution in [0.1, 0.15) is 92.3 Å². The van der Waals surface area contributed by atoms with Crippen molar-refractivity contribution in [2.24, 2.45) is 28.3 Å². The Kier molecular flexibility index (Phi) is 43.1. The number of nitrogens with zero attached hydrogens (tertiary/aromatic N) is 1. The van der Waals surface area contributed by atoms with E-state index in [9.17, 15) is 18.8 Å². The fraction of sp³-hybridized carbons (Fsp3) is 0.474. The van der Waals surface area contributed by atoms with Crippen molar-refractivity contribution in [3.8, 4) is 0 Å². The monoisotopic (exact) mass is 710 g/mol. The molecule has 10 heteroatoms. The van der Waals surface area contributed by atoms with Gasteiger partial charge in [0.2, 0.25) is 5.91 Å². The molecule has 0 fully saturated rings. The van der Waals surface area contributed by atoms with Crippen LogP contribution < -0.4 is 16.8 Å². The van der Waals surface area contributed by atoms with E-state index < -0.39 is 5.82 Å². The molecule has 2 unspecified atom stereocenters. The molecule has 1 amide bonds. The maximum absolute atomic E-state index is 13.0. The first-order valence-electron chi connectivity index (χ1n) is 16.4. The molecule has 2 aromatic rings. The van der Waals surface area contributed by atoms with E-state index in [0.29, 0.717) is 13.0 Å². The van der Waals surface area contributed by atoms with Crippen molar-refractivity contribution in [3.05, 3.63) is 83.2 Å². The minimum absolute atomic E-state index is 0.0324. The lowest BCUT2D eigenvalue weighted by Gasteiger charge is -2.12. The topological polar surface area (TPSA) is 128 Å². The van der Waals surface area contributed by atoms with Crippen LogP contribution in [0.4, 0.5) is 4.39 Å². The maximum atomic E-state index is 13.0. The average molecular weight is 711 g/mol. The predicted octanol–water partition coefficient (Wildman–Crippen LogP) is 9.09. The van der Waals surface area contributed by atoms with Gasteiger partial charge in [0.25, 0.3) is 0 Å². The standard InChI is InChI=1S/C12H16N2OS.C11H12ClFO.C6H11N.C3H7NO.3C2H6/c1-8(12(13)15)7-14-9(2)10-3-5-11(16)6-4-10;1-7(6-14)3-9-5-10(12)11(13)4-8(9)2;1-3-5-7-6-4-2;1-3(5)2-4;3*1-2/h3-6,8,14,16H,2,7H2,1H3,(H2,13,15);4-7H,3H2,1-2H3;3,6H,1,4-5H2,2H3;2,4H2,1H3;3*1-2H3. The van der Waals surface area contributed by atoms with Crippen molar-refractivity contribution in [2.75, 3.05) is 19.6 Å². The Morgan fingerprint density at radius 3 is 1.98 bits per heavy atom. The van der Waals surface area contributed by atoms with Gasteiger partial charge in [-0.1, -0.05) is 98.7 Å². The number of thiol groups is 1. The molecule has 0 spiro atoms. The summed E-state index contributed by atoms with van der Waals surface area (Å²) in [6, 6.07) is 10.6. The molecular formula is C38H64ClFN4O3S. The SMILES string of the molecule is C=C(NCC(C)C(N)=O)c1ccc(S)cc1.C=CCN=CCC.CC.CC.CC.CC(=O)CN.Cc1cc(F)c(Cl)cc1CC(C)C=O. The second kappa shape index (κ2) is 38.2. The number of aryl methyl sites for hydroxylation is 1. The van der Waals surface area contributed by atoms with Crippen LogP contribution in [-0.4, -0.2) is 43.8 Å². The van der Waals surface area contributed by atoms with Gasteiger partial charge in [0, 0.05) is 23.1 Å². The smallest absolute Gasteiger partial charge is 0.222 e. The molecule has 0 aliphatic rings. The number of rotatable bonds is 12. The van der Waals surface area contributed by atoms with Gasteiger partial charge in [0.05, 0.1) is 24.0 Å². The summed E-state index contributed by atoms with van der Waals surface area (Å²) < 4.78 is 13.0. The predicted molar refractivity (Wildman–Crippen MR) is 212 cm³/mol. The molecule has 0 bridgehead atoms. The molecule has 0 aromatic heterocycles. The normalized spacial score (nSPS) is 10.2. The minimum Gasteiger partial charge on any atom is -0.384 e. The molecule has 0 radical (unpaired) electrons. The Balaban J connectivity index is -0.000000174. The van der Waals surface area contributed by atoms with Crippen LogP contribution >= 0.6 is 24.2 Å². The van der Waals surface area contributed by atoms with Crippen molar-refractivity contribution >= 4 is 54.1 Å². The number of ketones is 1. The van der Waals surface area contributed by atoms with Crippen molar-refractivity contribution in [2.45, 2.75) is 93.9 Å². The third-order valence-corrected chi connectivity index (χ3v) is 5.90. The minimum atomic E-state index is -0.410. The van der Waals surface area contributed by atoms with E-state index in [1.807, 2.05) is 85.9 Å². The molecule has 2 atom stereocenters. The second-order valence-electron chi connectivity index (χ2n) is 9.37. The summed E-state index contributed by atoms with van der Waals surface area (Å²) in [5.74, 6) is -0.959. The number of nitrogens with one attached hydrogen (secondary N) is 1. The zero-order valence-electron chi connectivity index (χ0n) is 31.3. The van der Waals surface area contributed by atoms with E-state index in [1.54, 1.807) is 19.1 Å². The summed E-state index contributed by atoms with van der Waals surface area (Å²) in [4.78, 5) is 35.9. The fourth-order valence-electron chi connectivity index (χ4n) is 2.72. The Hall–Kier alpha value is -3.27. The first-order chi connectivity index (χ1) is 22.7. The van der Waals surface area contributed by atoms with Crippen LogP contribution in [-0.2, 0) is 20.8 Å². The molecule has 0 saturated carbocycles. The summed E-state index contributed by atoms with van der Waals surface area (Å²) in [5, 5.41) is 3.19. The van der Waals surface area contributed by atoms with Gasteiger partial charge < -0.3 is 21.6 Å². The van der Waals surface area contributed by atoms with Gasteiger partial charge in [0.15, 0.2) is 0 Å². The molecule has 2 aromatic carbocycles. The van der Waals surface area contributed by atoms with Gasteiger partial charge in [0.1, 0.15) is 17.9 Å². The highest BCUT2D eigenvalue weighted by molar-refractivity contribution is 7.80. The van der Waals surface area contributed by atoms with Crippen LogP contribution in [0.25, 0.3) is 5.70 Å². The molecule has 0 saturated heterocycles. The quantitative estimate of drug-likeness (QED) is 0.0756. The maximum Gasteiger partial charge on any atom is 0.222 e. The number of amides is 1. The Morgan fingerprint density at radius 2 is 1.58 bits per heavy atom. The number of primary amides is 1. The highest BCUT2D eigenvalue weighted by Gasteiger charge is 2.09. The number of hydrogen-bond donors (Lipinski definition) is 4. The molecular weight excluding hydrogens is 647 g/mol. The molecule has 0 aliphatic carbocycles. The Labute approximate surface area is 302 Å². The number of carbonyl (C=O) groups is 3. The van der Waals surface area contributed by atoms with Crippen molar-refractivity contribution in [1.82, 2.24) is 5.32 Å². The van der Waals surface area contributed by atoms with Gasteiger partial charge in [-0.15, -0.1) is 19.2 Å². The first-order valence-corrected chi connectivity index (χ1v) is 17.3. The number of aldehydes is 1. The highest BCUT2D eigenvalue weighted by atomic mass is 35.5. The molecule has 48 heavy (non-hydrogen) atoms. The van der Waals surface area contributed by atoms with E-state index in [-0.39, 0.29) is 35.1 Å². The first kappa shape index (κ1) is 54.2.